The molecule has 0 aliphatic carbocycles. The molecule has 0 amide bonds. The monoisotopic (exact) mass is 673 g/mol. The number of Topliss-reactive ketones (excluding diaryl/α,β-unsaturated/α-hetero) is 1. The summed E-state index contributed by atoms with van der Waals surface area (Å²) in [5, 5.41) is 10.9. The Morgan fingerprint density at radius 3 is 1.97 bits per heavy atom. The van der Waals surface area contributed by atoms with E-state index in [2.05, 4.69) is 4.74 Å². The number of hydrogen-bond acceptors (Lipinski definition) is 4. The van der Waals surface area contributed by atoms with Crippen LogP contribution in [0.4, 0.5) is 32.0 Å². The van der Waals surface area contributed by atoms with Gasteiger partial charge >= 0.3 is 12.4 Å². The van der Waals surface area contributed by atoms with Crippen molar-refractivity contribution in [1.29, 1.82) is 0 Å². The molecule has 0 heterocycles. The number of ether oxygens (including phenoxy) is 1. The van der Waals surface area contributed by atoms with Crippen molar-refractivity contribution in [2.75, 3.05) is 7.11 Å². The van der Waals surface area contributed by atoms with E-state index in [1.54, 1.807) is 0 Å². The van der Waals surface area contributed by atoms with Crippen LogP contribution in [0.2, 0.25) is 0 Å². The largest absolute Gasteiger partial charge is 0.430 e. The number of halogens is 8. The summed E-state index contributed by atoms with van der Waals surface area (Å²) in [7, 11) is 0.320. The van der Waals surface area contributed by atoms with Crippen LogP contribution < -0.4 is 0 Å². The topological polar surface area (TPSA) is 69.4 Å². The van der Waals surface area contributed by atoms with Crippen LogP contribution in [0.25, 0.3) is 0 Å². The van der Waals surface area contributed by atoms with E-state index >= 15 is 0 Å². The van der Waals surface area contributed by atoms with Gasteiger partial charge in [0, 0.05) is 43.9 Å². The highest BCUT2D eigenvalue weighted by molar-refractivity contribution is 14.1. The van der Waals surface area contributed by atoms with E-state index in [1.165, 1.54) is 63.4 Å². The minimum absolute atomic E-state index is 0.0123. The van der Waals surface area contributed by atoms with Crippen LogP contribution in [0.5, 0.6) is 0 Å². The summed E-state index contributed by atoms with van der Waals surface area (Å²) < 4.78 is 84.9. The molecule has 2 rings (SSSR count). The summed E-state index contributed by atoms with van der Waals surface area (Å²) >= 11 is 3.08. The van der Waals surface area contributed by atoms with Gasteiger partial charge in [-0.05, 0) is 62.9 Å². The quantitative estimate of drug-likeness (QED) is 0.121. The van der Waals surface area contributed by atoms with Crippen molar-refractivity contribution < 1.29 is 40.8 Å². The molecule has 31 heavy (non-hydrogen) atoms. The Morgan fingerprint density at radius 1 is 1.03 bits per heavy atom. The summed E-state index contributed by atoms with van der Waals surface area (Å²) in [6, 6.07) is 6.18. The second-order valence-corrected chi connectivity index (χ2v) is 8.53. The molecule has 5 nitrogen and oxygen atoms in total. The van der Waals surface area contributed by atoms with Gasteiger partial charge in [0.25, 0.3) is 11.3 Å². The van der Waals surface area contributed by atoms with Crippen LogP contribution >= 0.6 is 45.2 Å². The molecule has 2 aromatic rings. The van der Waals surface area contributed by atoms with Crippen molar-refractivity contribution in [2.45, 2.75) is 24.4 Å². The van der Waals surface area contributed by atoms with Gasteiger partial charge in [0.1, 0.15) is 0 Å². The Labute approximate surface area is 198 Å². The number of nitro groups is 1. The van der Waals surface area contributed by atoms with Crippen LogP contribution in [0.3, 0.4) is 0 Å². The number of alkyl halides is 6. The van der Waals surface area contributed by atoms with Crippen LogP contribution in [0.15, 0.2) is 36.4 Å². The molecule has 0 saturated heterocycles. The maximum Gasteiger partial charge on any atom is 0.430 e. The van der Waals surface area contributed by atoms with Crippen molar-refractivity contribution in [2.24, 2.45) is 0 Å². The van der Waals surface area contributed by atoms with E-state index in [9.17, 15) is 41.3 Å². The number of benzene rings is 2. The summed E-state index contributed by atoms with van der Waals surface area (Å²) in [6.07, 6.45) is -12.0. The van der Waals surface area contributed by atoms with Gasteiger partial charge in [0.2, 0.25) is 0 Å². The van der Waals surface area contributed by atoms with Crippen molar-refractivity contribution in [3.8, 4) is 0 Å². The fraction of sp³-hybridized carbons (Fsp3) is 0.278. The molecule has 0 atom stereocenters. The van der Waals surface area contributed by atoms with E-state index in [-0.39, 0.29) is 30.4 Å². The number of rotatable bonds is 6. The molecule has 0 aromatic heterocycles. The van der Waals surface area contributed by atoms with Crippen molar-refractivity contribution >= 4 is 56.7 Å². The number of nitrogens with zero attached hydrogens (tertiary/aromatic N) is 1. The highest BCUT2D eigenvalue weighted by atomic mass is 127. The number of hydrogen-bond donors (Lipinski definition) is 0. The number of ketones is 1. The van der Waals surface area contributed by atoms with Gasteiger partial charge in [-0.15, -0.1) is 0 Å². The Kier molecular flexibility index (Phi) is 7.62. The summed E-state index contributed by atoms with van der Waals surface area (Å²) in [5.74, 6) is -0.586. The zero-order chi connectivity index (χ0) is 23.8. The van der Waals surface area contributed by atoms with Gasteiger partial charge in [-0.3, -0.25) is 14.9 Å². The Morgan fingerprint density at radius 2 is 1.55 bits per heavy atom. The van der Waals surface area contributed by atoms with E-state index in [0.29, 0.717) is 19.2 Å². The number of carbonyl (C=O) groups excluding carboxylic acids is 1. The third-order valence-corrected chi connectivity index (χ3v) is 6.29. The molecule has 2 aromatic carbocycles. The molecule has 0 aliphatic rings. The summed E-state index contributed by atoms with van der Waals surface area (Å²) in [4.78, 5) is 22.7. The fourth-order valence-electron chi connectivity index (χ4n) is 2.87. The lowest BCUT2D eigenvalue weighted by molar-refractivity contribution is -0.385. The summed E-state index contributed by atoms with van der Waals surface area (Å²) in [5.41, 5.74) is -5.86. The van der Waals surface area contributed by atoms with E-state index < -0.39 is 34.2 Å². The fourth-order valence-corrected chi connectivity index (χ4v) is 5.02. The predicted octanol–water partition coefficient (Wildman–Crippen LogP) is 6.20. The maximum absolute atomic E-state index is 13.5. The first-order valence-corrected chi connectivity index (χ1v) is 10.3. The van der Waals surface area contributed by atoms with E-state index in [1.807, 2.05) is 0 Å². The average molecular weight is 673 g/mol. The van der Waals surface area contributed by atoms with Gasteiger partial charge in [-0.1, -0.05) is 12.1 Å². The van der Waals surface area contributed by atoms with Gasteiger partial charge < -0.3 is 4.74 Å². The highest BCUT2D eigenvalue weighted by Crippen LogP contribution is 2.53. The third-order valence-electron chi connectivity index (χ3n) is 4.37. The molecule has 13 heteroatoms. The van der Waals surface area contributed by atoms with Crippen LogP contribution in [0.1, 0.15) is 21.5 Å². The maximum atomic E-state index is 13.5. The van der Waals surface area contributed by atoms with Gasteiger partial charge in [0.15, 0.2) is 5.78 Å². The van der Waals surface area contributed by atoms with E-state index in [4.69, 9.17) is 0 Å². The molecule has 0 saturated carbocycles. The molecule has 0 aliphatic heterocycles. The first-order valence-electron chi connectivity index (χ1n) is 8.10. The van der Waals surface area contributed by atoms with Crippen LogP contribution in [-0.4, -0.2) is 30.2 Å². The number of nitro benzene ring substituents is 1. The smallest absolute Gasteiger partial charge is 0.357 e. The lowest BCUT2D eigenvalue weighted by Gasteiger charge is -2.36. The Balaban J connectivity index is 2.52. The number of non-ortho nitro benzene ring substituents is 1. The molecule has 0 fully saturated rings. The van der Waals surface area contributed by atoms with Crippen molar-refractivity contribution in [3.63, 3.8) is 0 Å². The van der Waals surface area contributed by atoms with Crippen molar-refractivity contribution in [1.82, 2.24) is 0 Å². The number of carbonyl (C=O) groups is 1. The minimum atomic E-state index is -5.80. The molecule has 168 valence electrons. The highest BCUT2D eigenvalue weighted by Gasteiger charge is 2.73. The lowest BCUT2D eigenvalue weighted by atomic mass is 9.90. The third kappa shape index (κ3) is 4.97. The molecular formula is C18H11F6I2NO4. The van der Waals surface area contributed by atoms with E-state index in [0.717, 1.165) is 6.07 Å². The van der Waals surface area contributed by atoms with Gasteiger partial charge in [-0.25, -0.2) is 0 Å². The average Bonchev–Trinajstić information content (AvgIpc) is 2.63. The predicted molar refractivity (Wildman–Crippen MR) is 114 cm³/mol. The first-order chi connectivity index (χ1) is 14.2. The second kappa shape index (κ2) is 9.17. The molecule has 0 radical (unpaired) electrons. The van der Waals surface area contributed by atoms with Crippen LogP contribution in [-0.2, 0) is 16.8 Å². The minimum Gasteiger partial charge on any atom is -0.357 e. The van der Waals surface area contributed by atoms with Gasteiger partial charge in [0.05, 0.1) is 4.92 Å². The normalized spacial score (nSPS) is 12.7. The summed E-state index contributed by atoms with van der Waals surface area (Å²) in [6.45, 7) is 0. The Bertz CT molecular complexity index is 986. The molecular weight excluding hydrogens is 662 g/mol. The molecule has 0 spiro atoms. The number of methoxy groups -OCH3 is 1. The lowest BCUT2D eigenvalue weighted by Crippen LogP contribution is -2.55. The second-order valence-electron chi connectivity index (χ2n) is 6.21. The zero-order valence-electron chi connectivity index (χ0n) is 15.3. The molecule has 0 bridgehead atoms. The van der Waals surface area contributed by atoms with Crippen LogP contribution in [0, 0.1) is 17.3 Å². The first kappa shape index (κ1) is 25.8. The van der Waals surface area contributed by atoms with Crippen molar-refractivity contribution in [3.05, 3.63) is 70.3 Å². The molecule has 0 N–H and O–H groups in total. The Hall–Kier alpha value is -1.49. The zero-order valence-corrected chi connectivity index (χ0v) is 19.6. The molecule has 0 unspecified atom stereocenters. The standard InChI is InChI=1S/C18H11F6I2NO4/c1-31-16(17(19,20)21,18(22,23)24)10-6-13(25)12(14(26)7-10)8-15(28)9-3-2-4-11(5-9)27(29)30/h2-7H,8H2,1H3. The SMILES string of the molecule is COC(c1cc(I)c(CC(=O)c2cccc([N+](=O)[O-])c2)c(I)c1)(C(F)(F)F)C(F)(F)F. The van der Waals surface area contributed by atoms with Gasteiger partial charge in [-0.2, -0.15) is 26.3 Å².